The third kappa shape index (κ3) is 3.34. The first-order chi connectivity index (χ1) is 6.56. The molecule has 86 valence electrons. The molecule has 1 aromatic rings. The van der Waals surface area contributed by atoms with Gasteiger partial charge in [-0.1, -0.05) is 0 Å². The van der Waals surface area contributed by atoms with E-state index in [0.29, 0.717) is 11.3 Å². The Morgan fingerprint density at radius 3 is 2.53 bits per heavy atom. The van der Waals surface area contributed by atoms with Gasteiger partial charge in [0.25, 0.3) is 0 Å². The van der Waals surface area contributed by atoms with Gasteiger partial charge in [0.1, 0.15) is 11.6 Å². The number of nitrogens with two attached hydrogens (primary N) is 1. The maximum Gasteiger partial charge on any atom is 0.123 e. The van der Waals surface area contributed by atoms with E-state index in [9.17, 15) is 9.50 Å². The van der Waals surface area contributed by atoms with Gasteiger partial charge in [0.2, 0.25) is 0 Å². The fourth-order valence-electron chi connectivity index (χ4n) is 1.23. The molecule has 0 bridgehead atoms. The molecule has 0 saturated heterocycles. The van der Waals surface area contributed by atoms with Crippen LogP contribution in [-0.4, -0.2) is 18.3 Å². The summed E-state index contributed by atoms with van der Waals surface area (Å²) in [4.78, 5) is 0. The molecule has 2 atom stereocenters. The summed E-state index contributed by atoms with van der Waals surface area (Å²) < 4.78 is 17.9. The fourth-order valence-corrected chi connectivity index (χ4v) is 1.23. The van der Waals surface area contributed by atoms with Gasteiger partial charge in [0.15, 0.2) is 0 Å². The molecule has 0 aromatic heterocycles. The second-order valence-electron chi connectivity index (χ2n) is 3.15. The number of rotatable bonds is 3. The van der Waals surface area contributed by atoms with Crippen LogP contribution < -0.4 is 10.5 Å². The van der Waals surface area contributed by atoms with Crippen molar-refractivity contribution in [3.05, 3.63) is 29.6 Å². The van der Waals surface area contributed by atoms with Crippen LogP contribution in [0.1, 0.15) is 18.5 Å². The Morgan fingerprint density at radius 2 is 2.07 bits per heavy atom. The van der Waals surface area contributed by atoms with Crippen LogP contribution in [0.4, 0.5) is 4.39 Å². The van der Waals surface area contributed by atoms with E-state index in [1.165, 1.54) is 25.3 Å². The molecule has 0 spiro atoms. The van der Waals surface area contributed by atoms with Crippen LogP contribution in [0.2, 0.25) is 0 Å². The predicted molar refractivity (Wildman–Crippen MR) is 58.8 cm³/mol. The van der Waals surface area contributed by atoms with E-state index in [1.54, 1.807) is 6.92 Å². The Morgan fingerprint density at radius 1 is 1.47 bits per heavy atom. The number of benzene rings is 1. The number of halogens is 2. The number of hydrogen-bond acceptors (Lipinski definition) is 3. The second kappa shape index (κ2) is 5.90. The quantitative estimate of drug-likeness (QED) is 0.838. The Labute approximate surface area is 94.5 Å². The zero-order valence-electron chi connectivity index (χ0n) is 8.61. The van der Waals surface area contributed by atoms with E-state index < -0.39 is 18.0 Å². The number of aliphatic hydroxyl groups is 1. The van der Waals surface area contributed by atoms with Gasteiger partial charge in [-0.05, 0) is 25.1 Å². The van der Waals surface area contributed by atoms with Crippen LogP contribution in [0.25, 0.3) is 0 Å². The molecule has 0 saturated carbocycles. The van der Waals surface area contributed by atoms with Gasteiger partial charge >= 0.3 is 0 Å². The predicted octanol–water partition coefficient (Wildman–Crippen LogP) is 1.64. The van der Waals surface area contributed by atoms with Gasteiger partial charge < -0.3 is 15.6 Å². The van der Waals surface area contributed by atoms with Gasteiger partial charge in [-0.25, -0.2) is 4.39 Å². The first kappa shape index (κ1) is 14.2. The Bertz CT molecular complexity index is 320. The van der Waals surface area contributed by atoms with Crippen molar-refractivity contribution in [3.63, 3.8) is 0 Å². The van der Waals surface area contributed by atoms with E-state index in [1.807, 2.05) is 0 Å². The summed E-state index contributed by atoms with van der Waals surface area (Å²) in [7, 11) is 1.48. The lowest BCUT2D eigenvalue weighted by Gasteiger charge is -2.17. The smallest absolute Gasteiger partial charge is 0.123 e. The molecule has 0 aliphatic heterocycles. The van der Waals surface area contributed by atoms with E-state index in [4.69, 9.17) is 10.5 Å². The standard InChI is InChI=1S/C10H14FNO2.ClH/c1-6(13)10(12)8-5-7(11)3-4-9(8)14-2;/h3-6,10,13H,12H2,1-2H3;1H/t6-,10-;/m0./s1. The summed E-state index contributed by atoms with van der Waals surface area (Å²) in [6, 6.07) is 3.42. The molecule has 3 N–H and O–H groups in total. The molecule has 0 amide bonds. The summed E-state index contributed by atoms with van der Waals surface area (Å²) in [5.74, 6) is 0.0942. The van der Waals surface area contributed by atoms with Crippen LogP contribution in [0.3, 0.4) is 0 Å². The molecule has 0 heterocycles. The summed E-state index contributed by atoms with van der Waals surface area (Å²) in [6.45, 7) is 1.55. The lowest BCUT2D eigenvalue weighted by molar-refractivity contribution is 0.162. The van der Waals surface area contributed by atoms with Crippen molar-refractivity contribution in [3.8, 4) is 5.75 Å². The van der Waals surface area contributed by atoms with Gasteiger partial charge in [0.05, 0.1) is 19.3 Å². The first-order valence-corrected chi connectivity index (χ1v) is 4.33. The third-order valence-corrected chi connectivity index (χ3v) is 2.07. The highest BCUT2D eigenvalue weighted by atomic mass is 35.5. The van der Waals surface area contributed by atoms with Crippen LogP contribution >= 0.6 is 12.4 Å². The van der Waals surface area contributed by atoms with Crippen molar-refractivity contribution < 1.29 is 14.2 Å². The molecule has 5 heteroatoms. The van der Waals surface area contributed by atoms with Crippen molar-refractivity contribution in [2.45, 2.75) is 19.1 Å². The van der Waals surface area contributed by atoms with Crippen molar-refractivity contribution >= 4 is 12.4 Å². The van der Waals surface area contributed by atoms with Gasteiger partial charge in [-0.3, -0.25) is 0 Å². The zero-order chi connectivity index (χ0) is 10.7. The van der Waals surface area contributed by atoms with Crippen molar-refractivity contribution in [2.75, 3.05) is 7.11 Å². The maximum atomic E-state index is 12.9. The molecule has 0 fully saturated rings. The van der Waals surface area contributed by atoms with Crippen LogP contribution in [0.15, 0.2) is 18.2 Å². The first-order valence-electron chi connectivity index (χ1n) is 4.33. The molecule has 0 aliphatic rings. The summed E-state index contributed by atoms with van der Waals surface area (Å²) in [5.41, 5.74) is 6.16. The average molecular weight is 236 g/mol. The monoisotopic (exact) mass is 235 g/mol. The molecule has 3 nitrogen and oxygen atoms in total. The van der Waals surface area contributed by atoms with E-state index in [-0.39, 0.29) is 12.4 Å². The fraction of sp³-hybridized carbons (Fsp3) is 0.400. The van der Waals surface area contributed by atoms with Crippen LogP contribution in [-0.2, 0) is 0 Å². The van der Waals surface area contributed by atoms with Gasteiger partial charge in [-0.2, -0.15) is 0 Å². The normalized spacial score (nSPS) is 13.9. The van der Waals surface area contributed by atoms with Crippen molar-refractivity contribution in [1.82, 2.24) is 0 Å². The summed E-state index contributed by atoms with van der Waals surface area (Å²) >= 11 is 0. The van der Waals surface area contributed by atoms with Crippen LogP contribution in [0, 0.1) is 5.82 Å². The third-order valence-electron chi connectivity index (χ3n) is 2.07. The molecular weight excluding hydrogens is 221 g/mol. The van der Waals surface area contributed by atoms with E-state index in [0.717, 1.165) is 0 Å². The van der Waals surface area contributed by atoms with E-state index >= 15 is 0 Å². The number of ether oxygens (including phenoxy) is 1. The molecule has 1 aromatic carbocycles. The van der Waals surface area contributed by atoms with Gasteiger partial charge in [0, 0.05) is 5.56 Å². The highest BCUT2D eigenvalue weighted by Gasteiger charge is 2.17. The van der Waals surface area contributed by atoms with Crippen LogP contribution in [0.5, 0.6) is 5.75 Å². The maximum absolute atomic E-state index is 12.9. The summed E-state index contributed by atoms with van der Waals surface area (Å²) in [6.07, 6.45) is -0.745. The minimum absolute atomic E-state index is 0. The zero-order valence-corrected chi connectivity index (χ0v) is 9.42. The minimum atomic E-state index is -0.745. The number of aliphatic hydroxyl groups excluding tert-OH is 1. The lowest BCUT2D eigenvalue weighted by Crippen LogP contribution is -2.23. The number of methoxy groups -OCH3 is 1. The highest BCUT2D eigenvalue weighted by Crippen LogP contribution is 2.26. The molecule has 0 radical (unpaired) electrons. The summed E-state index contributed by atoms with van der Waals surface area (Å²) in [5, 5.41) is 9.28. The molecule has 0 aliphatic carbocycles. The average Bonchev–Trinajstić information content (AvgIpc) is 2.16. The minimum Gasteiger partial charge on any atom is -0.496 e. The van der Waals surface area contributed by atoms with Crippen molar-refractivity contribution in [2.24, 2.45) is 5.73 Å². The van der Waals surface area contributed by atoms with Crippen molar-refractivity contribution in [1.29, 1.82) is 0 Å². The molecular formula is C10H15ClFNO2. The largest absolute Gasteiger partial charge is 0.496 e. The molecule has 15 heavy (non-hydrogen) atoms. The topological polar surface area (TPSA) is 55.5 Å². The lowest BCUT2D eigenvalue weighted by atomic mass is 10.0. The Hall–Kier alpha value is -0.840. The SMILES string of the molecule is COc1ccc(F)cc1[C@@H](N)[C@H](C)O.Cl. The number of hydrogen-bond donors (Lipinski definition) is 2. The second-order valence-corrected chi connectivity index (χ2v) is 3.15. The van der Waals surface area contributed by atoms with Gasteiger partial charge in [-0.15, -0.1) is 12.4 Å². The highest BCUT2D eigenvalue weighted by molar-refractivity contribution is 5.85. The molecule has 1 rings (SSSR count). The Balaban J connectivity index is 0.00000196. The Kier molecular flexibility index (Phi) is 5.57. The van der Waals surface area contributed by atoms with E-state index in [2.05, 4.69) is 0 Å². The molecule has 0 unspecified atom stereocenters.